The predicted octanol–water partition coefficient (Wildman–Crippen LogP) is -1.08. The molecule has 0 saturated heterocycles. The number of hydrogen-bond acceptors (Lipinski definition) is 3. The second-order valence-corrected chi connectivity index (χ2v) is 1.63. The normalized spacial score (nSPS) is 8.20. The van der Waals surface area contributed by atoms with Gasteiger partial charge < -0.3 is 10.2 Å². The van der Waals surface area contributed by atoms with Crippen LogP contribution in [0.25, 0.3) is 0 Å². The molecule has 0 aromatic carbocycles. The summed E-state index contributed by atoms with van der Waals surface area (Å²) in [5.41, 5.74) is 0. The zero-order valence-electron chi connectivity index (χ0n) is 3.92. The summed E-state index contributed by atoms with van der Waals surface area (Å²) >= 11 is 0. The third kappa shape index (κ3) is 5090. The maximum atomic E-state index is 8.74. The molecule has 0 fully saturated rings. The van der Waals surface area contributed by atoms with Gasteiger partial charge in [0.15, 0.2) is 0 Å². The van der Waals surface area contributed by atoms with E-state index in [-0.39, 0.29) is 18.9 Å². The third-order valence-corrected chi connectivity index (χ3v) is 0. The van der Waals surface area contributed by atoms with Gasteiger partial charge in [-0.2, -0.15) is 8.42 Å². The van der Waals surface area contributed by atoms with Crippen molar-refractivity contribution in [3.63, 3.8) is 0 Å². The molecule has 4 N–H and O–H groups in total. The van der Waals surface area contributed by atoms with Crippen molar-refractivity contribution < 1.29 is 32.5 Å². The molecule has 0 aliphatic rings. The van der Waals surface area contributed by atoms with Crippen LogP contribution in [0.5, 0.6) is 0 Å². The molecule has 58 valence electrons. The zero-order valence-corrected chi connectivity index (χ0v) is 4.74. The number of carbonyl (C=O) groups is 1. The Hall–Kier alpha value is -0.263. The van der Waals surface area contributed by atoms with E-state index in [1.807, 2.05) is 0 Å². The summed E-state index contributed by atoms with van der Waals surface area (Å²) in [6.07, 6.45) is -1.83. The van der Waals surface area contributed by atoms with Crippen LogP contribution in [0, 0.1) is 0 Å². The Morgan fingerprint density at radius 3 is 1.10 bits per heavy atom. The second-order valence-electron chi connectivity index (χ2n) is 0.730. The Labute approximate surface area is 68.4 Å². The van der Waals surface area contributed by atoms with E-state index >= 15 is 0 Å². The predicted molar refractivity (Wildman–Crippen MR) is 32.0 cm³/mol. The molecule has 0 aromatic rings. The molecule has 0 aromatic heterocycles. The molecule has 0 aliphatic heterocycles. The molecule has 0 unspecified atom stereocenters. The first-order chi connectivity index (χ1) is 3.73. The van der Waals surface area contributed by atoms with Crippen molar-refractivity contribution in [1.29, 1.82) is 0 Å². The van der Waals surface area contributed by atoms with Crippen molar-refractivity contribution in [2.24, 2.45) is 0 Å². The van der Waals surface area contributed by atoms with Crippen LogP contribution in [0.4, 0.5) is 4.79 Å². The summed E-state index contributed by atoms with van der Waals surface area (Å²) < 4.78 is 31.6. The summed E-state index contributed by atoms with van der Waals surface area (Å²) in [5, 5.41) is 13.9. The molecular weight excluding hydrogens is 163 g/mol. The molecule has 10 heavy (non-hydrogen) atoms. The second kappa shape index (κ2) is 6.85. The molecule has 0 radical (unpaired) electrons. The summed E-state index contributed by atoms with van der Waals surface area (Å²) in [4.78, 5) is 8.56. The van der Waals surface area contributed by atoms with Crippen molar-refractivity contribution in [3.8, 4) is 0 Å². The van der Waals surface area contributed by atoms with Gasteiger partial charge in [-0.3, -0.25) is 9.11 Å². The summed E-state index contributed by atoms with van der Waals surface area (Å²) in [5.74, 6) is 0. The van der Waals surface area contributed by atoms with E-state index < -0.39 is 16.6 Å². The number of carboxylic acid groups (broad SMARTS) is 2. The van der Waals surface area contributed by atoms with Crippen molar-refractivity contribution in [3.05, 3.63) is 0 Å². The Morgan fingerprint density at radius 2 is 1.10 bits per heavy atom. The Bertz CT molecular complexity index is 156. The van der Waals surface area contributed by atoms with Gasteiger partial charge in [0.25, 0.3) is 0 Å². The fraction of sp³-hybridized carbons (Fsp3) is 0. The molecule has 0 bridgehead atoms. The van der Waals surface area contributed by atoms with Crippen LogP contribution >= 0.6 is 0 Å². The zero-order chi connectivity index (χ0) is 8.08. The third-order valence-electron chi connectivity index (χ3n) is 0. The van der Waals surface area contributed by atoms with E-state index in [0.29, 0.717) is 0 Å². The van der Waals surface area contributed by atoms with E-state index in [1.165, 1.54) is 0 Å². The fourth-order valence-electron chi connectivity index (χ4n) is 0. The Morgan fingerprint density at radius 1 is 1.10 bits per heavy atom. The van der Waals surface area contributed by atoms with Crippen LogP contribution in [0.3, 0.4) is 0 Å². The van der Waals surface area contributed by atoms with Gasteiger partial charge in [0.1, 0.15) is 0 Å². The van der Waals surface area contributed by atoms with Crippen molar-refractivity contribution in [1.82, 2.24) is 0 Å². The van der Waals surface area contributed by atoms with Crippen LogP contribution in [-0.2, 0) is 10.4 Å². The topological polar surface area (TPSA) is 132 Å². The summed E-state index contributed by atoms with van der Waals surface area (Å²) in [7, 11) is -4.67. The first kappa shape index (κ1) is 16.4. The number of hydrogen-bond donors (Lipinski definition) is 4. The van der Waals surface area contributed by atoms with Gasteiger partial charge >= 0.3 is 35.4 Å². The Kier molecular flexibility index (Phi) is 11.2. The van der Waals surface area contributed by atoms with E-state index in [0.717, 1.165) is 0 Å². The summed E-state index contributed by atoms with van der Waals surface area (Å²) in [6, 6.07) is 0. The molecule has 0 aliphatic carbocycles. The standard InChI is InChI=1S/CH2O3.Li.H2O4S.H/c2-1(3)4;;1-5(2,3)4;/h(H2,2,3,4);;(H2,1,2,3,4);. The van der Waals surface area contributed by atoms with E-state index in [4.69, 9.17) is 32.5 Å². The van der Waals surface area contributed by atoms with Crippen LogP contribution in [0.1, 0.15) is 0 Å². The van der Waals surface area contributed by atoms with Gasteiger partial charge in [-0.15, -0.1) is 0 Å². The van der Waals surface area contributed by atoms with Crippen LogP contribution < -0.4 is 0 Å². The average molecular weight is 168 g/mol. The van der Waals surface area contributed by atoms with Gasteiger partial charge in [0.2, 0.25) is 0 Å². The van der Waals surface area contributed by atoms with Crippen molar-refractivity contribution in [2.45, 2.75) is 0 Å². The molecule has 0 spiro atoms. The minimum absolute atomic E-state index is 0. The van der Waals surface area contributed by atoms with Crippen LogP contribution in [0.15, 0.2) is 0 Å². The average Bonchev–Trinajstić information content (AvgIpc) is 1.19. The van der Waals surface area contributed by atoms with Gasteiger partial charge in [0, 0.05) is 0 Å². The minimum atomic E-state index is -4.67. The molecular formula is CH5LiO7S. The van der Waals surface area contributed by atoms with Gasteiger partial charge in [-0.1, -0.05) is 0 Å². The first-order valence-electron chi connectivity index (χ1n) is 1.35. The first-order valence-corrected chi connectivity index (χ1v) is 2.75. The van der Waals surface area contributed by atoms with Crippen molar-refractivity contribution in [2.75, 3.05) is 0 Å². The van der Waals surface area contributed by atoms with E-state index in [1.54, 1.807) is 0 Å². The molecule has 0 saturated carbocycles. The fourth-order valence-corrected chi connectivity index (χ4v) is 0. The maximum absolute atomic E-state index is 8.74. The number of rotatable bonds is 0. The van der Waals surface area contributed by atoms with Crippen molar-refractivity contribution >= 4 is 35.4 Å². The van der Waals surface area contributed by atoms with Crippen LogP contribution in [-0.4, -0.2) is 52.8 Å². The molecule has 0 rings (SSSR count). The van der Waals surface area contributed by atoms with Crippen LogP contribution in [0.2, 0.25) is 0 Å². The van der Waals surface area contributed by atoms with Gasteiger partial charge in [-0.05, 0) is 0 Å². The van der Waals surface area contributed by atoms with Gasteiger partial charge in [-0.25, -0.2) is 4.79 Å². The van der Waals surface area contributed by atoms with E-state index in [2.05, 4.69) is 0 Å². The van der Waals surface area contributed by atoms with Gasteiger partial charge in [0.05, 0.1) is 0 Å². The summed E-state index contributed by atoms with van der Waals surface area (Å²) in [6.45, 7) is 0. The molecule has 0 heterocycles. The molecule has 0 amide bonds. The monoisotopic (exact) mass is 168 g/mol. The molecule has 7 nitrogen and oxygen atoms in total. The molecule has 9 heteroatoms. The molecule has 0 atom stereocenters. The van der Waals surface area contributed by atoms with E-state index in [9.17, 15) is 0 Å². The Balaban J connectivity index is -0.0000000910. The quantitative estimate of drug-likeness (QED) is 0.267. The SMILES string of the molecule is O=C(O)O.O=S(=O)(O)O.[LiH].